The quantitative estimate of drug-likeness (QED) is 0.252. The van der Waals surface area contributed by atoms with Crippen LogP contribution in [0.15, 0.2) is 0 Å². The molecular formula is C12H26O8. The van der Waals surface area contributed by atoms with Crippen molar-refractivity contribution in [1.29, 1.82) is 0 Å². The molecule has 8 nitrogen and oxygen atoms in total. The summed E-state index contributed by atoms with van der Waals surface area (Å²) in [5.41, 5.74) is 0. The molecule has 0 aromatic heterocycles. The third-order valence-corrected chi connectivity index (χ3v) is 2.22. The molecule has 0 spiro atoms. The third-order valence-electron chi connectivity index (χ3n) is 2.22. The highest BCUT2D eigenvalue weighted by molar-refractivity contribution is 4.60. The molecule has 0 aromatic carbocycles. The lowest BCUT2D eigenvalue weighted by Gasteiger charge is -2.20. The van der Waals surface area contributed by atoms with Crippen LogP contribution in [0.5, 0.6) is 0 Å². The maximum absolute atomic E-state index is 9.20. The van der Waals surface area contributed by atoms with E-state index in [1.165, 1.54) is 0 Å². The molecule has 0 aromatic rings. The van der Waals surface area contributed by atoms with E-state index in [0.29, 0.717) is 0 Å². The van der Waals surface area contributed by atoms with Gasteiger partial charge < -0.3 is 39.7 Å². The number of ether oxygens (including phenoxy) is 3. The second kappa shape index (κ2) is 12.4. The Hall–Kier alpha value is -0.320. The molecule has 0 fully saturated rings. The number of aliphatic hydroxyl groups is 5. The van der Waals surface area contributed by atoms with Crippen molar-refractivity contribution in [3.05, 3.63) is 0 Å². The molecule has 5 N–H and O–H groups in total. The molecule has 0 bridgehead atoms. The van der Waals surface area contributed by atoms with Gasteiger partial charge in [0.05, 0.1) is 52.4 Å². The highest BCUT2D eigenvalue weighted by Crippen LogP contribution is 1.99. The van der Waals surface area contributed by atoms with Crippen LogP contribution < -0.4 is 0 Å². The highest BCUT2D eigenvalue weighted by atomic mass is 16.6. The number of rotatable bonds is 13. The maximum atomic E-state index is 9.20. The first-order valence-corrected chi connectivity index (χ1v) is 6.52. The summed E-state index contributed by atoms with van der Waals surface area (Å²) >= 11 is 0. The van der Waals surface area contributed by atoms with Crippen molar-refractivity contribution in [3.8, 4) is 0 Å². The van der Waals surface area contributed by atoms with E-state index in [0.717, 1.165) is 0 Å². The van der Waals surface area contributed by atoms with Crippen LogP contribution in [0.25, 0.3) is 0 Å². The zero-order valence-electron chi connectivity index (χ0n) is 11.7. The van der Waals surface area contributed by atoms with Crippen LogP contribution in [-0.4, -0.2) is 96.2 Å². The maximum Gasteiger partial charge on any atom is 0.104 e. The van der Waals surface area contributed by atoms with Crippen LogP contribution in [0.4, 0.5) is 0 Å². The van der Waals surface area contributed by atoms with Gasteiger partial charge in [0.1, 0.15) is 18.3 Å². The second-order valence-electron chi connectivity index (χ2n) is 4.55. The molecule has 0 saturated carbocycles. The molecule has 0 rings (SSSR count). The predicted octanol–water partition coefficient (Wildman–Crippen LogP) is -2.51. The Labute approximate surface area is 118 Å². The first-order chi connectivity index (χ1) is 9.49. The lowest BCUT2D eigenvalue weighted by atomic mass is 10.3. The van der Waals surface area contributed by atoms with E-state index in [2.05, 4.69) is 0 Å². The summed E-state index contributed by atoms with van der Waals surface area (Å²) in [4.78, 5) is 0. The minimum absolute atomic E-state index is 0.0463. The Kier molecular flexibility index (Phi) is 12.2. The van der Waals surface area contributed by atoms with Crippen molar-refractivity contribution in [2.75, 3.05) is 46.2 Å². The van der Waals surface area contributed by atoms with E-state index < -0.39 is 37.6 Å². The van der Waals surface area contributed by atoms with Crippen LogP contribution in [0, 0.1) is 0 Å². The molecule has 0 aliphatic rings. The van der Waals surface area contributed by atoms with Gasteiger partial charge >= 0.3 is 0 Å². The van der Waals surface area contributed by atoms with Crippen molar-refractivity contribution in [3.63, 3.8) is 0 Å². The Bertz CT molecular complexity index is 214. The zero-order valence-corrected chi connectivity index (χ0v) is 11.7. The van der Waals surface area contributed by atoms with E-state index in [9.17, 15) is 5.11 Å². The minimum atomic E-state index is -0.989. The van der Waals surface area contributed by atoms with Gasteiger partial charge in [-0.2, -0.15) is 0 Å². The van der Waals surface area contributed by atoms with Crippen molar-refractivity contribution in [2.45, 2.75) is 31.3 Å². The van der Waals surface area contributed by atoms with Crippen LogP contribution >= 0.6 is 0 Å². The van der Waals surface area contributed by atoms with Crippen LogP contribution in [0.3, 0.4) is 0 Å². The lowest BCUT2D eigenvalue weighted by molar-refractivity contribution is -0.102. The van der Waals surface area contributed by atoms with Gasteiger partial charge in [0.25, 0.3) is 0 Å². The number of hydrogen-bond donors (Lipinski definition) is 5. The van der Waals surface area contributed by atoms with Gasteiger partial charge in [-0.3, -0.25) is 0 Å². The van der Waals surface area contributed by atoms with Gasteiger partial charge in [-0.1, -0.05) is 0 Å². The molecular weight excluding hydrogens is 272 g/mol. The molecule has 4 atom stereocenters. The van der Waals surface area contributed by atoms with Gasteiger partial charge in [0, 0.05) is 0 Å². The predicted molar refractivity (Wildman–Crippen MR) is 69.2 cm³/mol. The summed E-state index contributed by atoms with van der Waals surface area (Å²) in [7, 11) is 0. The van der Waals surface area contributed by atoms with Gasteiger partial charge in [-0.05, 0) is 6.92 Å². The molecule has 0 radical (unpaired) electrons. The largest absolute Gasteiger partial charge is 0.394 e. The van der Waals surface area contributed by atoms with Gasteiger partial charge in [-0.25, -0.2) is 0 Å². The Morgan fingerprint density at radius 2 is 1.25 bits per heavy atom. The average molecular weight is 298 g/mol. The molecule has 0 heterocycles. The molecule has 0 amide bonds. The van der Waals surface area contributed by atoms with Gasteiger partial charge in [0.2, 0.25) is 0 Å². The van der Waals surface area contributed by atoms with E-state index in [1.54, 1.807) is 6.92 Å². The first-order valence-electron chi connectivity index (χ1n) is 6.52. The molecule has 20 heavy (non-hydrogen) atoms. The fourth-order valence-electron chi connectivity index (χ4n) is 1.20. The summed E-state index contributed by atoms with van der Waals surface area (Å²) in [5.74, 6) is 0. The van der Waals surface area contributed by atoms with Gasteiger partial charge in [-0.15, -0.1) is 0 Å². The lowest BCUT2D eigenvalue weighted by Crippen LogP contribution is -2.33. The SMILES string of the molecule is CC(O)COCC(COCC(O)CO)OCC(O)CO. The molecule has 0 aliphatic heterocycles. The van der Waals surface area contributed by atoms with Crippen LogP contribution in [-0.2, 0) is 14.2 Å². The Balaban J connectivity index is 3.96. The monoisotopic (exact) mass is 298 g/mol. The zero-order chi connectivity index (χ0) is 15.4. The summed E-state index contributed by atoms with van der Waals surface area (Å²) < 4.78 is 15.7. The standard InChI is InChI=1S/C12H26O8/c1-9(15)4-18-7-12(20-6-11(17)3-14)8-19-5-10(16)2-13/h9-17H,2-8H2,1H3. The van der Waals surface area contributed by atoms with Crippen molar-refractivity contribution < 1.29 is 39.7 Å². The average Bonchev–Trinajstić information content (AvgIpc) is 2.42. The van der Waals surface area contributed by atoms with E-state index >= 15 is 0 Å². The fourth-order valence-corrected chi connectivity index (χ4v) is 1.20. The Morgan fingerprint density at radius 1 is 0.750 bits per heavy atom. The molecule has 8 heteroatoms. The molecule has 4 unspecified atom stereocenters. The summed E-state index contributed by atoms with van der Waals surface area (Å²) in [6.07, 6.45) is -3.06. The smallest absolute Gasteiger partial charge is 0.104 e. The Morgan fingerprint density at radius 3 is 1.75 bits per heavy atom. The molecule has 0 saturated heterocycles. The van der Waals surface area contributed by atoms with Crippen molar-refractivity contribution in [1.82, 2.24) is 0 Å². The van der Waals surface area contributed by atoms with Crippen LogP contribution in [0.2, 0.25) is 0 Å². The first kappa shape index (κ1) is 19.7. The summed E-state index contributed by atoms with van der Waals surface area (Å²) in [6, 6.07) is 0. The fraction of sp³-hybridized carbons (Fsp3) is 1.00. The highest BCUT2D eigenvalue weighted by Gasteiger charge is 2.14. The van der Waals surface area contributed by atoms with Crippen molar-refractivity contribution >= 4 is 0 Å². The third kappa shape index (κ3) is 11.5. The van der Waals surface area contributed by atoms with E-state index in [-0.39, 0.29) is 33.0 Å². The second-order valence-corrected chi connectivity index (χ2v) is 4.55. The summed E-state index contributed by atoms with van der Waals surface area (Å²) in [5, 5.41) is 44.7. The summed E-state index contributed by atoms with van der Waals surface area (Å²) in [6.45, 7) is 1.02. The van der Waals surface area contributed by atoms with E-state index in [1.807, 2.05) is 0 Å². The van der Waals surface area contributed by atoms with Gasteiger partial charge in [0.15, 0.2) is 0 Å². The molecule has 122 valence electrons. The minimum Gasteiger partial charge on any atom is -0.394 e. The number of aliphatic hydroxyl groups excluding tert-OH is 5. The molecule has 0 aliphatic carbocycles. The number of hydrogen-bond acceptors (Lipinski definition) is 8. The van der Waals surface area contributed by atoms with Crippen molar-refractivity contribution in [2.24, 2.45) is 0 Å². The topological polar surface area (TPSA) is 129 Å². The van der Waals surface area contributed by atoms with E-state index in [4.69, 9.17) is 34.6 Å². The van der Waals surface area contributed by atoms with Crippen LogP contribution in [0.1, 0.15) is 6.92 Å². The normalized spacial score (nSPS) is 17.7.